The van der Waals surface area contributed by atoms with E-state index in [1.165, 1.54) is 24.8 Å². The second kappa shape index (κ2) is 10.8. The molecule has 3 fully saturated rings. The third kappa shape index (κ3) is 4.70. The number of benzene rings is 1. The second-order valence-corrected chi connectivity index (χ2v) is 12.8. The van der Waals surface area contributed by atoms with E-state index in [-0.39, 0.29) is 23.8 Å². The maximum Gasteiger partial charge on any atom is 0.246 e. The molecule has 1 saturated carbocycles. The van der Waals surface area contributed by atoms with Crippen molar-refractivity contribution in [1.29, 1.82) is 0 Å². The SMILES string of the molecule is Cc1cccc(NC(=O)[C@@H]2[C@@H]3C=C[C@]4(O3)[C@@H]2C(=O)N(CCC2=CCCCC2)[C@H]4C(=O)N[C@@H]2CCC[C@H](C)[C@H]2C)c1. The van der Waals surface area contributed by atoms with E-state index in [0.717, 1.165) is 37.7 Å². The molecule has 2 saturated heterocycles. The summed E-state index contributed by atoms with van der Waals surface area (Å²) in [5, 5.41) is 6.37. The Morgan fingerprint density at radius 2 is 1.98 bits per heavy atom. The Kier molecular flexibility index (Phi) is 7.36. The van der Waals surface area contributed by atoms with Crippen LogP contribution < -0.4 is 10.6 Å². The van der Waals surface area contributed by atoms with Crippen molar-refractivity contribution in [3.8, 4) is 0 Å². The molecule has 3 aliphatic heterocycles. The van der Waals surface area contributed by atoms with Crippen molar-refractivity contribution in [2.24, 2.45) is 23.7 Å². The van der Waals surface area contributed by atoms with E-state index in [2.05, 4.69) is 30.6 Å². The van der Waals surface area contributed by atoms with Crippen LogP contribution in [0, 0.1) is 30.6 Å². The molecule has 0 radical (unpaired) electrons. The van der Waals surface area contributed by atoms with Crippen LogP contribution >= 0.6 is 0 Å². The van der Waals surface area contributed by atoms with Gasteiger partial charge in [-0.05, 0) is 75.0 Å². The Morgan fingerprint density at radius 3 is 2.75 bits per heavy atom. The van der Waals surface area contributed by atoms with E-state index in [9.17, 15) is 14.4 Å². The van der Waals surface area contributed by atoms with E-state index >= 15 is 0 Å². The van der Waals surface area contributed by atoms with Crippen molar-refractivity contribution in [2.45, 2.75) is 95.9 Å². The molecule has 2 aliphatic carbocycles. The van der Waals surface area contributed by atoms with Crippen LogP contribution in [0.5, 0.6) is 0 Å². The van der Waals surface area contributed by atoms with Gasteiger partial charge in [-0.25, -0.2) is 0 Å². The van der Waals surface area contributed by atoms with Gasteiger partial charge < -0.3 is 20.3 Å². The number of amides is 3. The molecule has 1 aromatic rings. The number of likely N-dealkylation sites (tertiary alicyclic amines) is 1. The van der Waals surface area contributed by atoms with Crippen molar-refractivity contribution in [3.05, 3.63) is 53.6 Å². The Hall–Kier alpha value is -2.93. The van der Waals surface area contributed by atoms with Crippen LogP contribution in [-0.2, 0) is 19.1 Å². The molecule has 0 aromatic heterocycles. The van der Waals surface area contributed by atoms with Crippen LogP contribution in [0.15, 0.2) is 48.1 Å². The van der Waals surface area contributed by atoms with E-state index in [1.807, 2.05) is 43.3 Å². The number of carbonyl (C=O) groups is 3. The lowest BCUT2D eigenvalue weighted by Gasteiger charge is -2.38. The molecular weight excluding hydrogens is 502 g/mol. The molecule has 7 nitrogen and oxygen atoms in total. The molecule has 0 unspecified atom stereocenters. The third-order valence-corrected chi connectivity index (χ3v) is 10.3. The zero-order valence-corrected chi connectivity index (χ0v) is 24.0. The summed E-state index contributed by atoms with van der Waals surface area (Å²) in [4.78, 5) is 43.8. The number of fused-ring (bicyclic) bond motifs is 1. The third-order valence-electron chi connectivity index (χ3n) is 10.3. The number of anilines is 1. The monoisotopic (exact) mass is 545 g/mol. The fraction of sp³-hybridized carbons (Fsp3) is 0.606. The molecule has 3 amide bonds. The number of aryl methyl sites for hydroxylation is 1. The van der Waals surface area contributed by atoms with Gasteiger partial charge >= 0.3 is 0 Å². The number of rotatable bonds is 7. The van der Waals surface area contributed by atoms with Crippen LogP contribution in [-0.4, -0.2) is 53.0 Å². The Labute approximate surface area is 237 Å². The predicted molar refractivity (Wildman–Crippen MR) is 154 cm³/mol. The molecule has 3 heterocycles. The molecule has 2 bridgehead atoms. The first-order valence-corrected chi connectivity index (χ1v) is 15.3. The van der Waals surface area contributed by atoms with Gasteiger partial charge in [0.25, 0.3) is 0 Å². The number of nitrogens with zero attached hydrogens (tertiary/aromatic N) is 1. The number of hydrogen-bond donors (Lipinski definition) is 2. The molecule has 5 aliphatic rings. The zero-order valence-electron chi connectivity index (χ0n) is 24.0. The summed E-state index contributed by atoms with van der Waals surface area (Å²) in [6.07, 6.45) is 14.0. The van der Waals surface area contributed by atoms with E-state index < -0.39 is 29.6 Å². The molecule has 40 heavy (non-hydrogen) atoms. The van der Waals surface area contributed by atoms with Crippen molar-refractivity contribution in [1.82, 2.24) is 10.2 Å². The number of nitrogens with one attached hydrogen (secondary N) is 2. The van der Waals surface area contributed by atoms with Gasteiger partial charge in [0.05, 0.1) is 17.9 Å². The molecule has 214 valence electrons. The van der Waals surface area contributed by atoms with Crippen LogP contribution in [0.2, 0.25) is 0 Å². The Morgan fingerprint density at radius 1 is 1.12 bits per heavy atom. The quantitative estimate of drug-likeness (QED) is 0.477. The van der Waals surface area contributed by atoms with Gasteiger partial charge in [-0.1, -0.05) is 62.6 Å². The minimum absolute atomic E-state index is 0.0766. The second-order valence-electron chi connectivity index (χ2n) is 12.8. The van der Waals surface area contributed by atoms with Crippen LogP contribution in [0.25, 0.3) is 0 Å². The summed E-state index contributed by atoms with van der Waals surface area (Å²) in [5.74, 6) is -1.01. The molecular formula is C33H43N3O4. The average molecular weight is 546 g/mol. The lowest BCUT2D eigenvalue weighted by molar-refractivity contribution is -0.141. The fourth-order valence-electron chi connectivity index (χ4n) is 7.90. The van der Waals surface area contributed by atoms with Gasteiger partial charge in [0, 0.05) is 18.3 Å². The van der Waals surface area contributed by atoms with Crippen molar-refractivity contribution in [2.75, 3.05) is 11.9 Å². The highest BCUT2D eigenvalue weighted by atomic mass is 16.5. The van der Waals surface area contributed by atoms with E-state index in [4.69, 9.17) is 4.74 Å². The number of allylic oxidation sites excluding steroid dienone is 1. The molecule has 8 atom stereocenters. The first kappa shape index (κ1) is 27.3. The normalized spacial score (nSPS) is 36.4. The van der Waals surface area contributed by atoms with E-state index in [0.29, 0.717) is 24.1 Å². The highest BCUT2D eigenvalue weighted by Crippen LogP contribution is 2.55. The zero-order chi connectivity index (χ0) is 28.0. The first-order valence-electron chi connectivity index (χ1n) is 15.3. The van der Waals surface area contributed by atoms with Crippen LogP contribution in [0.3, 0.4) is 0 Å². The molecule has 1 spiro atoms. The van der Waals surface area contributed by atoms with Crippen molar-refractivity contribution in [3.63, 3.8) is 0 Å². The largest absolute Gasteiger partial charge is 0.359 e. The maximum atomic E-state index is 14.2. The molecule has 2 N–H and O–H groups in total. The number of carbonyl (C=O) groups excluding carboxylic acids is 3. The van der Waals surface area contributed by atoms with Crippen LogP contribution in [0.1, 0.15) is 70.8 Å². The fourth-order valence-corrected chi connectivity index (χ4v) is 7.90. The standard InChI is InChI=1S/C33H43N3O4/c1-20-9-7-13-24(19-20)34-30(37)27-26-15-17-33(40-26)28(27)32(39)36(18-16-23-11-5-4-6-12-23)29(33)31(38)35-25-14-8-10-21(2)22(25)3/h7,9,11,13,15,17,19,21-22,25-29H,4-6,8,10,12,14,16,18H2,1-3H3,(H,34,37)(H,35,38)/t21-,22+,25+,26-,27+,28-,29-,33-/m0/s1. The lowest BCUT2D eigenvalue weighted by atomic mass is 9.73. The topological polar surface area (TPSA) is 87.7 Å². The minimum atomic E-state index is -1.12. The van der Waals surface area contributed by atoms with Gasteiger partial charge in [0.15, 0.2) is 0 Å². The number of ether oxygens (including phenoxy) is 1. The van der Waals surface area contributed by atoms with Gasteiger partial charge in [-0.2, -0.15) is 0 Å². The van der Waals surface area contributed by atoms with Crippen LogP contribution in [0.4, 0.5) is 5.69 Å². The average Bonchev–Trinajstić information content (AvgIpc) is 3.58. The van der Waals surface area contributed by atoms with E-state index in [1.54, 1.807) is 4.90 Å². The van der Waals surface area contributed by atoms with Crippen molar-refractivity contribution >= 4 is 23.4 Å². The van der Waals surface area contributed by atoms with Gasteiger partial charge in [-0.15, -0.1) is 0 Å². The lowest BCUT2D eigenvalue weighted by Crippen LogP contribution is -2.58. The summed E-state index contributed by atoms with van der Waals surface area (Å²) in [5.41, 5.74) is 1.98. The number of hydrogen-bond acceptors (Lipinski definition) is 4. The summed E-state index contributed by atoms with van der Waals surface area (Å²) >= 11 is 0. The Bertz CT molecular complexity index is 1240. The maximum absolute atomic E-state index is 14.2. The van der Waals surface area contributed by atoms with Crippen molar-refractivity contribution < 1.29 is 19.1 Å². The Balaban J connectivity index is 1.29. The predicted octanol–water partition coefficient (Wildman–Crippen LogP) is 4.92. The molecule has 6 rings (SSSR count). The first-order chi connectivity index (χ1) is 19.3. The summed E-state index contributed by atoms with van der Waals surface area (Å²) in [6.45, 7) is 6.91. The molecule has 1 aromatic carbocycles. The molecule has 7 heteroatoms. The smallest absolute Gasteiger partial charge is 0.246 e. The van der Waals surface area contributed by atoms with Gasteiger partial charge in [-0.3, -0.25) is 14.4 Å². The summed E-state index contributed by atoms with van der Waals surface area (Å²) in [6, 6.07) is 6.95. The van der Waals surface area contributed by atoms with Gasteiger partial charge in [0.1, 0.15) is 11.6 Å². The summed E-state index contributed by atoms with van der Waals surface area (Å²) in [7, 11) is 0. The highest BCUT2D eigenvalue weighted by Gasteiger charge is 2.72. The summed E-state index contributed by atoms with van der Waals surface area (Å²) < 4.78 is 6.53. The highest BCUT2D eigenvalue weighted by molar-refractivity contribution is 6.02. The van der Waals surface area contributed by atoms with Gasteiger partial charge in [0.2, 0.25) is 17.7 Å². The minimum Gasteiger partial charge on any atom is -0.359 e.